The van der Waals surface area contributed by atoms with Crippen molar-refractivity contribution in [2.24, 2.45) is 0 Å². The third kappa shape index (κ3) is 4.48. The zero-order valence-electron chi connectivity index (χ0n) is 11.8. The van der Waals surface area contributed by atoms with Gasteiger partial charge in [0, 0.05) is 20.2 Å². The van der Waals surface area contributed by atoms with E-state index in [9.17, 15) is 4.79 Å². The minimum absolute atomic E-state index is 0.111. The van der Waals surface area contributed by atoms with Crippen LogP contribution in [0.4, 0.5) is 4.79 Å². The highest BCUT2D eigenvalue weighted by molar-refractivity contribution is 6.42. The Bertz CT molecular complexity index is 499. The van der Waals surface area contributed by atoms with Crippen LogP contribution in [0.15, 0.2) is 18.2 Å². The lowest BCUT2D eigenvalue weighted by Gasteiger charge is -2.33. The van der Waals surface area contributed by atoms with E-state index < -0.39 is 0 Å². The Labute approximate surface area is 134 Å². The molecule has 2 amide bonds. The number of halogens is 2. The van der Waals surface area contributed by atoms with Crippen LogP contribution in [0.2, 0.25) is 10.0 Å². The van der Waals surface area contributed by atoms with Crippen LogP contribution in [-0.2, 0) is 9.47 Å². The molecule has 1 saturated heterocycles. The first-order valence-corrected chi connectivity index (χ1v) is 7.45. The number of benzene rings is 1. The van der Waals surface area contributed by atoms with E-state index in [1.807, 2.05) is 6.07 Å². The molecule has 0 aliphatic carbocycles. The molecule has 116 valence electrons. The fourth-order valence-electron chi connectivity index (χ4n) is 2.12. The minimum atomic E-state index is -0.193. The van der Waals surface area contributed by atoms with Gasteiger partial charge in [-0.1, -0.05) is 29.3 Å². The molecule has 1 aliphatic heterocycles. The molecular weight excluding hydrogens is 315 g/mol. The van der Waals surface area contributed by atoms with Crippen LogP contribution >= 0.6 is 23.2 Å². The molecule has 0 aromatic heterocycles. The van der Waals surface area contributed by atoms with E-state index in [2.05, 4.69) is 5.32 Å². The summed E-state index contributed by atoms with van der Waals surface area (Å²) < 4.78 is 10.6. The number of urea groups is 1. The van der Waals surface area contributed by atoms with Gasteiger partial charge < -0.3 is 19.7 Å². The number of amides is 2. The van der Waals surface area contributed by atoms with Crippen molar-refractivity contribution in [3.05, 3.63) is 33.8 Å². The monoisotopic (exact) mass is 332 g/mol. The summed E-state index contributed by atoms with van der Waals surface area (Å²) in [6.07, 6.45) is -0.193. The number of rotatable bonds is 4. The van der Waals surface area contributed by atoms with Gasteiger partial charge in [-0.25, -0.2) is 4.79 Å². The third-order valence-corrected chi connectivity index (χ3v) is 3.99. The van der Waals surface area contributed by atoms with Gasteiger partial charge in [0.1, 0.15) is 6.10 Å². The highest BCUT2D eigenvalue weighted by atomic mass is 35.5. The van der Waals surface area contributed by atoms with Crippen LogP contribution in [-0.4, -0.2) is 50.9 Å². The molecule has 0 spiro atoms. The average Bonchev–Trinajstić information content (AvgIpc) is 2.50. The van der Waals surface area contributed by atoms with Crippen molar-refractivity contribution in [2.75, 3.05) is 40.0 Å². The largest absolute Gasteiger partial charge is 0.383 e. The predicted molar refractivity (Wildman–Crippen MR) is 82.0 cm³/mol. The second-order valence-electron chi connectivity index (χ2n) is 4.70. The zero-order chi connectivity index (χ0) is 15.2. The van der Waals surface area contributed by atoms with Crippen molar-refractivity contribution in [1.29, 1.82) is 0 Å². The van der Waals surface area contributed by atoms with E-state index in [1.54, 1.807) is 24.1 Å². The standard InChI is InChI=1S/C14H18Cl2N2O3/c1-20-6-4-17-14(19)18-5-7-21-13(9-18)10-2-3-11(15)12(16)8-10/h2-3,8,13H,4-7,9H2,1H3,(H,17,19)/t13-/m1/s1. The summed E-state index contributed by atoms with van der Waals surface area (Å²) in [5.74, 6) is 0. The highest BCUT2D eigenvalue weighted by Gasteiger charge is 2.25. The Morgan fingerprint density at radius 3 is 3.00 bits per heavy atom. The molecule has 1 fully saturated rings. The number of ether oxygens (including phenoxy) is 2. The first-order chi connectivity index (χ1) is 10.1. The molecule has 0 unspecified atom stereocenters. The fraction of sp³-hybridized carbons (Fsp3) is 0.500. The predicted octanol–water partition coefficient (Wildman–Crippen LogP) is 2.72. The Balaban J connectivity index is 1.96. The summed E-state index contributed by atoms with van der Waals surface area (Å²) in [6.45, 7) is 2.52. The van der Waals surface area contributed by atoms with E-state index in [-0.39, 0.29) is 12.1 Å². The van der Waals surface area contributed by atoms with Gasteiger partial charge in [0.2, 0.25) is 0 Å². The maximum atomic E-state index is 12.0. The van der Waals surface area contributed by atoms with E-state index in [1.165, 1.54) is 0 Å². The Kier molecular flexibility index (Phi) is 6.11. The van der Waals surface area contributed by atoms with Gasteiger partial charge in [-0.3, -0.25) is 0 Å². The molecule has 21 heavy (non-hydrogen) atoms. The van der Waals surface area contributed by atoms with Crippen molar-refractivity contribution in [1.82, 2.24) is 10.2 Å². The summed E-state index contributed by atoms with van der Waals surface area (Å²) in [5.41, 5.74) is 0.916. The van der Waals surface area contributed by atoms with Crippen molar-refractivity contribution in [3.63, 3.8) is 0 Å². The maximum absolute atomic E-state index is 12.0. The molecule has 7 heteroatoms. The van der Waals surface area contributed by atoms with E-state index in [4.69, 9.17) is 32.7 Å². The van der Waals surface area contributed by atoms with Gasteiger partial charge in [0.25, 0.3) is 0 Å². The molecule has 0 bridgehead atoms. The smallest absolute Gasteiger partial charge is 0.317 e. The summed E-state index contributed by atoms with van der Waals surface area (Å²) in [5, 5.41) is 3.80. The maximum Gasteiger partial charge on any atom is 0.317 e. The normalized spacial score (nSPS) is 18.6. The molecule has 2 rings (SSSR count). The summed E-state index contributed by atoms with van der Waals surface area (Å²) in [6, 6.07) is 5.27. The number of hydrogen-bond acceptors (Lipinski definition) is 3. The van der Waals surface area contributed by atoms with E-state index in [0.29, 0.717) is 42.9 Å². The first-order valence-electron chi connectivity index (χ1n) is 6.70. The quantitative estimate of drug-likeness (QED) is 0.862. The van der Waals surface area contributed by atoms with Gasteiger partial charge in [0.05, 0.1) is 29.8 Å². The third-order valence-electron chi connectivity index (χ3n) is 3.25. The topological polar surface area (TPSA) is 50.8 Å². The van der Waals surface area contributed by atoms with Crippen molar-refractivity contribution in [3.8, 4) is 0 Å². The van der Waals surface area contributed by atoms with E-state index in [0.717, 1.165) is 5.56 Å². The van der Waals surface area contributed by atoms with Crippen LogP contribution in [0, 0.1) is 0 Å². The molecular formula is C14H18Cl2N2O3. The SMILES string of the molecule is COCCNC(=O)N1CCO[C@@H](c2ccc(Cl)c(Cl)c2)C1. The van der Waals surface area contributed by atoms with Gasteiger partial charge >= 0.3 is 6.03 Å². The van der Waals surface area contributed by atoms with Crippen LogP contribution in [0.5, 0.6) is 0 Å². The minimum Gasteiger partial charge on any atom is -0.383 e. The first kappa shape index (κ1) is 16.4. The molecule has 0 saturated carbocycles. The number of nitrogens with one attached hydrogen (secondary N) is 1. The number of hydrogen-bond donors (Lipinski definition) is 1. The number of nitrogens with zero attached hydrogens (tertiary/aromatic N) is 1. The Morgan fingerprint density at radius 1 is 1.48 bits per heavy atom. The van der Waals surface area contributed by atoms with Gasteiger partial charge in [-0.2, -0.15) is 0 Å². The molecule has 1 heterocycles. The molecule has 1 aliphatic rings. The fourth-order valence-corrected chi connectivity index (χ4v) is 2.43. The molecule has 1 aromatic rings. The summed E-state index contributed by atoms with van der Waals surface area (Å²) >= 11 is 11.9. The van der Waals surface area contributed by atoms with Gasteiger partial charge in [-0.05, 0) is 17.7 Å². The Morgan fingerprint density at radius 2 is 2.29 bits per heavy atom. The lowest BCUT2D eigenvalue weighted by atomic mass is 10.1. The number of carbonyl (C=O) groups excluding carboxylic acids is 1. The van der Waals surface area contributed by atoms with E-state index >= 15 is 0 Å². The van der Waals surface area contributed by atoms with Gasteiger partial charge in [-0.15, -0.1) is 0 Å². The molecule has 1 N–H and O–H groups in total. The molecule has 5 nitrogen and oxygen atoms in total. The van der Waals surface area contributed by atoms with Crippen LogP contribution < -0.4 is 5.32 Å². The summed E-state index contributed by atoms with van der Waals surface area (Å²) in [7, 11) is 1.60. The molecule has 1 aromatic carbocycles. The second-order valence-corrected chi connectivity index (χ2v) is 5.52. The lowest BCUT2D eigenvalue weighted by Crippen LogP contribution is -2.47. The Hall–Kier alpha value is -1.01. The molecule has 1 atom stereocenters. The van der Waals surface area contributed by atoms with Crippen molar-refractivity contribution >= 4 is 29.2 Å². The highest BCUT2D eigenvalue weighted by Crippen LogP contribution is 2.28. The van der Waals surface area contributed by atoms with Gasteiger partial charge in [0.15, 0.2) is 0 Å². The van der Waals surface area contributed by atoms with Crippen molar-refractivity contribution < 1.29 is 14.3 Å². The van der Waals surface area contributed by atoms with Crippen LogP contribution in [0.25, 0.3) is 0 Å². The van der Waals surface area contributed by atoms with Crippen molar-refractivity contribution in [2.45, 2.75) is 6.10 Å². The lowest BCUT2D eigenvalue weighted by molar-refractivity contribution is -0.0155. The average molecular weight is 333 g/mol. The molecule has 0 radical (unpaired) electrons. The number of morpholine rings is 1. The van der Waals surface area contributed by atoms with Crippen LogP contribution in [0.1, 0.15) is 11.7 Å². The van der Waals surface area contributed by atoms with Crippen LogP contribution in [0.3, 0.4) is 0 Å². The number of methoxy groups -OCH3 is 1. The second kappa shape index (κ2) is 7.84. The number of carbonyl (C=O) groups is 1. The zero-order valence-corrected chi connectivity index (χ0v) is 13.3. The summed E-state index contributed by atoms with van der Waals surface area (Å²) in [4.78, 5) is 13.8.